The number of ether oxygens (including phenoxy) is 1. The van der Waals surface area contributed by atoms with Crippen molar-refractivity contribution in [1.29, 1.82) is 0 Å². The van der Waals surface area contributed by atoms with Gasteiger partial charge in [-0.25, -0.2) is 0 Å². The second-order valence-electron chi connectivity index (χ2n) is 5.54. The molecule has 0 saturated heterocycles. The first-order valence-corrected chi connectivity index (χ1v) is 7.84. The molecule has 25 heavy (non-hydrogen) atoms. The molecular weight excluding hydrogens is 320 g/mol. The standard InChI is InChI=1S/C18H18N4O3/c1-12(20-18(23)15-11-14(24-2)8-9-19-15)10-16-21-17(22-25-16)13-6-4-3-5-7-13/h3-9,11-12H,10H2,1-2H3,(H,20,23). The highest BCUT2D eigenvalue weighted by Gasteiger charge is 2.16. The number of benzene rings is 1. The Morgan fingerprint density at radius 2 is 2.08 bits per heavy atom. The summed E-state index contributed by atoms with van der Waals surface area (Å²) >= 11 is 0. The third kappa shape index (κ3) is 4.20. The van der Waals surface area contributed by atoms with E-state index in [-0.39, 0.29) is 11.9 Å². The van der Waals surface area contributed by atoms with E-state index in [2.05, 4.69) is 20.4 Å². The van der Waals surface area contributed by atoms with E-state index in [0.29, 0.717) is 29.6 Å². The van der Waals surface area contributed by atoms with Crippen LogP contribution in [0.3, 0.4) is 0 Å². The van der Waals surface area contributed by atoms with E-state index < -0.39 is 0 Å². The molecule has 128 valence electrons. The van der Waals surface area contributed by atoms with Gasteiger partial charge in [0.1, 0.15) is 11.4 Å². The first kappa shape index (κ1) is 16.6. The van der Waals surface area contributed by atoms with E-state index in [1.54, 1.807) is 19.2 Å². The lowest BCUT2D eigenvalue weighted by Gasteiger charge is -2.11. The number of methoxy groups -OCH3 is 1. The van der Waals surface area contributed by atoms with Crippen molar-refractivity contribution in [3.63, 3.8) is 0 Å². The number of rotatable bonds is 6. The van der Waals surface area contributed by atoms with Crippen LogP contribution in [0.25, 0.3) is 11.4 Å². The molecule has 7 heteroatoms. The van der Waals surface area contributed by atoms with Gasteiger partial charge in [-0.1, -0.05) is 35.5 Å². The van der Waals surface area contributed by atoms with Crippen LogP contribution in [0.4, 0.5) is 0 Å². The quantitative estimate of drug-likeness (QED) is 0.743. The highest BCUT2D eigenvalue weighted by atomic mass is 16.5. The summed E-state index contributed by atoms with van der Waals surface area (Å²) in [4.78, 5) is 20.7. The Morgan fingerprint density at radius 3 is 2.84 bits per heavy atom. The summed E-state index contributed by atoms with van der Waals surface area (Å²) < 4.78 is 10.4. The molecule has 0 aliphatic carbocycles. The Balaban J connectivity index is 1.62. The normalized spacial score (nSPS) is 11.8. The minimum Gasteiger partial charge on any atom is -0.497 e. The number of hydrogen-bond acceptors (Lipinski definition) is 6. The molecule has 0 fully saturated rings. The van der Waals surface area contributed by atoms with E-state index in [1.807, 2.05) is 37.3 Å². The third-order valence-electron chi connectivity index (χ3n) is 3.56. The zero-order chi connectivity index (χ0) is 17.6. The smallest absolute Gasteiger partial charge is 0.270 e. The Hall–Kier alpha value is -3.22. The summed E-state index contributed by atoms with van der Waals surface area (Å²) in [6, 6.07) is 12.7. The molecule has 1 aromatic carbocycles. The van der Waals surface area contributed by atoms with Crippen molar-refractivity contribution >= 4 is 5.91 Å². The number of pyridine rings is 1. The van der Waals surface area contributed by atoms with Crippen LogP contribution >= 0.6 is 0 Å². The number of amides is 1. The van der Waals surface area contributed by atoms with Gasteiger partial charge in [0, 0.05) is 30.3 Å². The average molecular weight is 338 g/mol. The van der Waals surface area contributed by atoms with Crippen molar-refractivity contribution in [2.45, 2.75) is 19.4 Å². The molecule has 1 amide bonds. The SMILES string of the molecule is COc1ccnc(C(=O)NC(C)Cc2nc(-c3ccccc3)no2)c1. The third-order valence-corrected chi connectivity index (χ3v) is 3.56. The Bertz CT molecular complexity index is 848. The molecule has 0 spiro atoms. The van der Waals surface area contributed by atoms with E-state index in [4.69, 9.17) is 9.26 Å². The number of aromatic nitrogens is 3. The predicted octanol–water partition coefficient (Wildman–Crippen LogP) is 2.50. The maximum atomic E-state index is 12.2. The highest BCUT2D eigenvalue weighted by Crippen LogP contribution is 2.15. The molecule has 7 nitrogen and oxygen atoms in total. The predicted molar refractivity (Wildman–Crippen MR) is 91.2 cm³/mol. The maximum absolute atomic E-state index is 12.2. The van der Waals surface area contributed by atoms with Crippen LogP contribution in [-0.2, 0) is 6.42 Å². The Labute approximate surface area is 145 Å². The van der Waals surface area contributed by atoms with E-state index >= 15 is 0 Å². The monoisotopic (exact) mass is 338 g/mol. The molecule has 2 heterocycles. The second kappa shape index (κ2) is 7.57. The lowest BCUT2D eigenvalue weighted by Crippen LogP contribution is -2.34. The Morgan fingerprint density at radius 1 is 1.28 bits per heavy atom. The topological polar surface area (TPSA) is 90.1 Å². The van der Waals surface area contributed by atoms with Crippen molar-refractivity contribution in [3.8, 4) is 17.1 Å². The highest BCUT2D eigenvalue weighted by molar-refractivity contribution is 5.92. The number of nitrogens with zero attached hydrogens (tertiary/aromatic N) is 3. The minimum absolute atomic E-state index is 0.190. The van der Waals surface area contributed by atoms with Crippen LogP contribution in [0.1, 0.15) is 23.3 Å². The van der Waals surface area contributed by atoms with E-state index in [1.165, 1.54) is 6.20 Å². The molecule has 2 aromatic heterocycles. The molecule has 3 aromatic rings. The summed E-state index contributed by atoms with van der Waals surface area (Å²) in [7, 11) is 1.54. The van der Waals surface area contributed by atoms with Gasteiger partial charge in [-0.05, 0) is 13.0 Å². The van der Waals surface area contributed by atoms with Crippen LogP contribution in [0.5, 0.6) is 5.75 Å². The van der Waals surface area contributed by atoms with Crippen LogP contribution in [0, 0.1) is 0 Å². The van der Waals surface area contributed by atoms with E-state index in [9.17, 15) is 4.79 Å². The zero-order valence-corrected chi connectivity index (χ0v) is 14.0. The van der Waals surface area contributed by atoms with Gasteiger partial charge in [0.05, 0.1) is 7.11 Å². The van der Waals surface area contributed by atoms with Gasteiger partial charge in [-0.2, -0.15) is 4.98 Å². The molecule has 0 bridgehead atoms. The molecule has 0 aliphatic rings. The number of carbonyl (C=O) groups excluding carboxylic acids is 1. The van der Waals surface area contributed by atoms with Crippen molar-refractivity contribution in [3.05, 3.63) is 60.2 Å². The Kier molecular flexibility index (Phi) is 5.03. The van der Waals surface area contributed by atoms with Gasteiger partial charge in [0.25, 0.3) is 5.91 Å². The number of hydrogen-bond donors (Lipinski definition) is 1. The maximum Gasteiger partial charge on any atom is 0.270 e. The molecule has 0 saturated carbocycles. The average Bonchev–Trinajstić information content (AvgIpc) is 3.10. The number of carbonyl (C=O) groups is 1. The largest absolute Gasteiger partial charge is 0.497 e. The van der Waals surface area contributed by atoms with Crippen molar-refractivity contribution in [2.24, 2.45) is 0 Å². The van der Waals surface area contributed by atoms with Gasteiger partial charge in [0.15, 0.2) is 0 Å². The molecule has 3 rings (SSSR count). The first-order valence-electron chi connectivity index (χ1n) is 7.84. The number of nitrogens with one attached hydrogen (secondary N) is 1. The van der Waals surface area contributed by atoms with Gasteiger partial charge in [-0.3, -0.25) is 9.78 Å². The van der Waals surface area contributed by atoms with Crippen molar-refractivity contribution < 1.29 is 14.1 Å². The second-order valence-corrected chi connectivity index (χ2v) is 5.54. The van der Waals surface area contributed by atoms with Gasteiger partial charge in [-0.15, -0.1) is 0 Å². The first-order chi connectivity index (χ1) is 12.2. The summed E-state index contributed by atoms with van der Waals surface area (Å²) in [5.74, 6) is 1.29. The van der Waals surface area contributed by atoms with Gasteiger partial charge < -0.3 is 14.6 Å². The van der Waals surface area contributed by atoms with Crippen molar-refractivity contribution in [1.82, 2.24) is 20.4 Å². The molecule has 0 radical (unpaired) electrons. The molecule has 1 atom stereocenters. The van der Waals surface area contributed by atoms with Gasteiger partial charge in [0.2, 0.25) is 11.7 Å². The van der Waals surface area contributed by atoms with Crippen LogP contribution in [-0.4, -0.2) is 34.2 Å². The summed E-state index contributed by atoms with van der Waals surface area (Å²) in [5, 5.41) is 6.83. The summed E-state index contributed by atoms with van der Waals surface area (Å²) in [6.07, 6.45) is 1.96. The molecule has 1 N–H and O–H groups in total. The summed E-state index contributed by atoms with van der Waals surface area (Å²) in [5.41, 5.74) is 1.18. The van der Waals surface area contributed by atoms with Crippen LogP contribution in [0.2, 0.25) is 0 Å². The molecule has 0 aliphatic heterocycles. The summed E-state index contributed by atoms with van der Waals surface area (Å²) in [6.45, 7) is 1.87. The van der Waals surface area contributed by atoms with Crippen LogP contribution < -0.4 is 10.1 Å². The lowest BCUT2D eigenvalue weighted by atomic mass is 10.2. The molecular formula is C18H18N4O3. The van der Waals surface area contributed by atoms with Crippen molar-refractivity contribution in [2.75, 3.05) is 7.11 Å². The minimum atomic E-state index is -0.283. The zero-order valence-electron chi connectivity index (χ0n) is 14.0. The lowest BCUT2D eigenvalue weighted by molar-refractivity contribution is 0.0933. The fourth-order valence-corrected chi connectivity index (χ4v) is 2.32. The van der Waals surface area contributed by atoms with Crippen LogP contribution in [0.15, 0.2) is 53.2 Å². The van der Waals surface area contributed by atoms with E-state index in [0.717, 1.165) is 5.56 Å². The fourth-order valence-electron chi connectivity index (χ4n) is 2.32. The molecule has 1 unspecified atom stereocenters. The van der Waals surface area contributed by atoms with Gasteiger partial charge >= 0.3 is 0 Å². The fraction of sp³-hybridized carbons (Fsp3) is 0.222.